The van der Waals surface area contributed by atoms with E-state index >= 15 is 0 Å². The van der Waals surface area contributed by atoms with E-state index in [1.54, 1.807) is 0 Å². The molecule has 0 amide bonds. The molecule has 0 aromatic heterocycles. The SMILES string of the molecule is CCCNC(C)(CCOC(C)CCC)C(=O)OCC. The maximum atomic E-state index is 12.0. The molecule has 0 rings (SSSR count). The Balaban J connectivity index is 4.29. The number of nitrogens with one attached hydrogen (secondary N) is 1. The molecule has 0 aliphatic rings. The van der Waals surface area contributed by atoms with Crippen LogP contribution in [0.25, 0.3) is 0 Å². The molecule has 4 nitrogen and oxygen atoms in total. The van der Waals surface area contributed by atoms with Crippen molar-refractivity contribution in [1.82, 2.24) is 5.32 Å². The molecular weight excluding hydrogens is 242 g/mol. The van der Waals surface area contributed by atoms with Crippen molar-refractivity contribution in [2.75, 3.05) is 19.8 Å². The molecule has 0 aliphatic carbocycles. The van der Waals surface area contributed by atoms with Crippen LogP contribution in [0.3, 0.4) is 0 Å². The molecule has 2 unspecified atom stereocenters. The molecule has 0 spiro atoms. The van der Waals surface area contributed by atoms with E-state index in [4.69, 9.17) is 9.47 Å². The van der Waals surface area contributed by atoms with Crippen molar-refractivity contribution in [1.29, 1.82) is 0 Å². The number of rotatable bonds is 11. The molecule has 0 radical (unpaired) electrons. The Labute approximate surface area is 118 Å². The molecule has 114 valence electrons. The number of carbonyl (C=O) groups is 1. The Kier molecular flexibility index (Phi) is 9.88. The zero-order valence-corrected chi connectivity index (χ0v) is 13.3. The standard InChI is InChI=1S/C15H31NO3/c1-6-9-13(4)19-12-10-15(5,16-11-7-2)14(17)18-8-3/h13,16H,6-12H2,1-5H3. The summed E-state index contributed by atoms with van der Waals surface area (Å²) >= 11 is 0. The average Bonchev–Trinajstić information content (AvgIpc) is 2.37. The second-order valence-electron chi connectivity index (χ2n) is 5.20. The first-order chi connectivity index (χ1) is 9.00. The number of hydrogen-bond acceptors (Lipinski definition) is 4. The fourth-order valence-electron chi connectivity index (χ4n) is 1.91. The molecule has 1 N–H and O–H groups in total. The first-order valence-corrected chi connectivity index (χ1v) is 7.54. The molecule has 2 atom stereocenters. The van der Waals surface area contributed by atoms with Crippen LogP contribution >= 0.6 is 0 Å². The summed E-state index contributed by atoms with van der Waals surface area (Å²) in [6.45, 7) is 11.8. The minimum atomic E-state index is -0.641. The van der Waals surface area contributed by atoms with Crippen LogP contribution in [-0.4, -0.2) is 37.4 Å². The van der Waals surface area contributed by atoms with Crippen LogP contribution < -0.4 is 5.32 Å². The van der Waals surface area contributed by atoms with Crippen molar-refractivity contribution < 1.29 is 14.3 Å². The average molecular weight is 273 g/mol. The Morgan fingerprint density at radius 1 is 1.26 bits per heavy atom. The van der Waals surface area contributed by atoms with Gasteiger partial charge in [-0.3, -0.25) is 4.79 Å². The van der Waals surface area contributed by atoms with E-state index in [9.17, 15) is 4.79 Å². The Hall–Kier alpha value is -0.610. The summed E-state index contributed by atoms with van der Waals surface area (Å²) in [6, 6.07) is 0. The summed E-state index contributed by atoms with van der Waals surface area (Å²) in [7, 11) is 0. The Bertz CT molecular complexity index is 246. The highest BCUT2D eigenvalue weighted by molar-refractivity contribution is 5.80. The van der Waals surface area contributed by atoms with Gasteiger partial charge in [-0.15, -0.1) is 0 Å². The zero-order valence-electron chi connectivity index (χ0n) is 13.3. The number of esters is 1. The van der Waals surface area contributed by atoms with Crippen molar-refractivity contribution in [3.05, 3.63) is 0 Å². The van der Waals surface area contributed by atoms with Gasteiger partial charge in [0.05, 0.1) is 12.7 Å². The summed E-state index contributed by atoms with van der Waals surface area (Å²) in [5, 5.41) is 3.28. The summed E-state index contributed by atoms with van der Waals surface area (Å²) in [6.07, 6.45) is 4.05. The maximum Gasteiger partial charge on any atom is 0.326 e. The first-order valence-electron chi connectivity index (χ1n) is 7.54. The van der Waals surface area contributed by atoms with E-state index < -0.39 is 5.54 Å². The maximum absolute atomic E-state index is 12.0. The fourth-order valence-corrected chi connectivity index (χ4v) is 1.91. The highest BCUT2D eigenvalue weighted by Crippen LogP contribution is 2.14. The van der Waals surface area contributed by atoms with Gasteiger partial charge in [-0.25, -0.2) is 0 Å². The van der Waals surface area contributed by atoms with Gasteiger partial charge in [0.2, 0.25) is 0 Å². The van der Waals surface area contributed by atoms with Crippen LogP contribution in [0.15, 0.2) is 0 Å². The molecule has 19 heavy (non-hydrogen) atoms. The topological polar surface area (TPSA) is 47.6 Å². The van der Waals surface area contributed by atoms with E-state index in [-0.39, 0.29) is 12.1 Å². The van der Waals surface area contributed by atoms with Crippen molar-refractivity contribution in [2.24, 2.45) is 0 Å². The van der Waals surface area contributed by atoms with E-state index in [0.29, 0.717) is 19.6 Å². The molecule has 0 aliphatic heterocycles. The molecule has 0 saturated carbocycles. The van der Waals surface area contributed by atoms with Crippen molar-refractivity contribution in [3.8, 4) is 0 Å². The van der Waals surface area contributed by atoms with Crippen molar-refractivity contribution >= 4 is 5.97 Å². The first kappa shape index (κ1) is 18.4. The number of carbonyl (C=O) groups excluding carboxylic acids is 1. The van der Waals surface area contributed by atoms with Gasteiger partial charge in [-0.1, -0.05) is 20.3 Å². The zero-order chi connectivity index (χ0) is 14.7. The van der Waals surface area contributed by atoms with Crippen molar-refractivity contribution in [2.45, 2.75) is 71.9 Å². The smallest absolute Gasteiger partial charge is 0.326 e. The van der Waals surface area contributed by atoms with Gasteiger partial charge in [-0.05, 0) is 46.6 Å². The highest BCUT2D eigenvalue weighted by atomic mass is 16.5. The van der Waals surface area contributed by atoms with Crippen LogP contribution in [-0.2, 0) is 14.3 Å². The van der Waals surface area contributed by atoms with E-state index in [1.165, 1.54) is 0 Å². The van der Waals surface area contributed by atoms with Crippen LogP contribution in [0.4, 0.5) is 0 Å². The normalized spacial score (nSPS) is 15.8. The van der Waals surface area contributed by atoms with Gasteiger partial charge in [0.25, 0.3) is 0 Å². The predicted octanol–water partition coefficient (Wildman–Crippen LogP) is 2.90. The van der Waals surface area contributed by atoms with Gasteiger partial charge in [-0.2, -0.15) is 0 Å². The van der Waals surface area contributed by atoms with Gasteiger partial charge < -0.3 is 14.8 Å². The van der Waals surface area contributed by atoms with Gasteiger partial charge in [0.1, 0.15) is 5.54 Å². The third-order valence-electron chi connectivity index (χ3n) is 3.19. The van der Waals surface area contributed by atoms with Crippen LogP contribution in [0.1, 0.15) is 60.3 Å². The fraction of sp³-hybridized carbons (Fsp3) is 0.933. The molecule has 0 bridgehead atoms. The van der Waals surface area contributed by atoms with Gasteiger partial charge in [0.15, 0.2) is 0 Å². The van der Waals surface area contributed by atoms with E-state index in [2.05, 4.69) is 26.1 Å². The highest BCUT2D eigenvalue weighted by Gasteiger charge is 2.33. The van der Waals surface area contributed by atoms with Crippen LogP contribution in [0.5, 0.6) is 0 Å². The van der Waals surface area contributed by atoms with E-state index in [1.807, 2.05) is 13.8 Å². The molecule has 0 fully saturated rings. The second kappa shape index (κ2) is 10.2. The quantitative estimate of drug-likeness (QED) is 0.588. The minimum absolute atomic E-state index is 0.185. The molecule has 0 aromatic rings. The van der Waals surface area contributed by atoms with Crippen LogP contribution in [0.2, 0.25) is 0 Å². The lowest BCUT2D eigenvalue weighted by Gasteiger charge is -2.29. The van der Waals surface area contributed by atoms with Crippen molar-refractivity contribution in [3.63, 3.8) is 0 Å². The lowest BCUT2D eigenvalue weighted by Crippen LogP contribution is -2.51. The summed E-state index contributed by atoms with van der Waals surface area (Å²) in [5.41, 5.74) is -0.641. The minimum Gasteiger partial charge on any atom is -0.465 e. The third kappa shape index (κ3) is 7.53. The van der Waals surface area contributed by atoms with Gasteiger partial charge >= 0.3 is 5.97 Å². The van der Waals surface area contributed by atoms with Gasteiger partial charge in [0, 0.05) is 6.61 Å². The lowest BCUT2D eigenvalue weighted by molar-refractivity contribution is -0.151. The lowest BCUT2D eigenvalue weighted by atomic mass is 9.98. The Morgan fingerprint density at radius 2 is 1.95 bits per heavy atom. The predicted molar refractivity (Wildman–Crippen MR) is 78.3 cm³/mol. The summed E-state index contributed by atoms with van der Waals surface area (Å²) < 4.78 is 10.9. The molecule has 0 saturated heterocycles. The molecule has 4 heteroatoms. The summed E-state index contributed by atoms with van der Waals surface area (Å²) in [5.74, 6) is -0.185. The third-order valence-corrected chi connectivity index (χ3v) is 3.19. The summed E-state index contributed by atoms with van der Waals surface area (Å²) in [4.78, 5) is 12.0. The largest absolute Gasteiger partial charge is 0.465 e. The van der Waals surface area contributed by atoms with E-state index in [0.717, 1.165) is 25.8 Å². The molecule has 0 aromatic carbocycles. The molecule has 0 heterocycles. The number of hydrogen-bond donors (Lipinski definition) is 1. The number of ether oxygens (including phenoxy) is 2. The second-order valence-corrected chi connectivity index (χ2v) is 5.20. The van der Waals surface area contributed by atoms with Crippen LogP contribution in [0, 0.1) is 0 Å². The monoisotopic (exact) mass is 273 g/mol. The molecular formula is C15H31NO3. The Morgan fingerprint density at radius 3 is 2.47 bits per heavy atom.